The van der Waals surface area contributed by atoms with Crippen LogP contribution >= 0.6 is 12.2 Å². The van der Waals surface area contributed by atoms with Crippen LogP contribution in [0.3, 0.4) is 0 Å². The van der Waals surface area contributed by atoms with Crippen LogP contribution in [0.5, 0.6) is 0 Å². The van der Waals surface area contributed by atoms with E-state index in [4.69, 9.17) is 12.2 Å². The summed E-state index contributed by atoms with van der Waals surface area (Å²) in [6, 6.07) is 0.606. The molecular formula is C10H21N5S. The first-order valence-corrected chi connectivity index (χ1v) is 5.39. The number of H-pyrrole nitrogens is 1. The standard InChI is InChI=1S/C9H17N5S.CH4/c1-5(2)10-7-12-8(11-6(3)4)14-9(15)13-7;/h5-6H,1-4H3,(H3,10,11,12,13,14,15);1H4. The van der Waals surface area contributed by atoms with Crippen LogP contribution in [0.4, 0.5) is 11.9 Å². The number of hydrogen-bond acceptors (Lipinski definition) is 5. The van der Waals surface area contributed by atoms with Gasteiger partial charge in [0.15, 0.2) is 0 Å². The number of nitrogens with zero attached hydrogens (tertiary/aromatic N) is 2. The Morgan fingerprint density at radius 3 is 1.69 bits per heavy atom. The Kier molecular flexibility index (Phi) is 5.95. The normalized spacial score (nSPS) is 10.1. The quantitative estimate of drug-likeness (QED) is 0.710. The Hall–Kier alpha value is -1.17. The van der Waals surface area contributed by atoms with Crippen LogP contribution in [0.2, 0.25) is 0 Å². The van der Waals surface area contributed by atoms with Crippen molar-refractivity contribution in [1.82, 2.24) is 15.0 Å². The first-order chi connectivity index (χ1) is 6.97. The van der Waals surface area contributed by atoms with Gasteiger partial charge in [-0.15, -0.1) is 0 Å². The van der Waals surface area contributed by atoms with Crippen LogP contribution in [0.25, 0.3) is 0 Å². The Bertz CT molecular complexity index is 340. The molecule has 0 aliphatic carbocycles. The summed E-state index contributed by atoms with van der Waals surface area (Å²) in [6.07, 6.45) is 0. The van der Waals surface area contributed by atoms with Gasteiger partial charge < -0.3 is 10.6 Å². The highest BCUT2D eigenvalue weighted by Gasteiger charge is 2.02. The Morgan fingerprint density at radius 1 is 1.00 bits per heavy atom. The van der Waals surface area contributed by atoms with E-state index in [1.807, 2.05) is 27.7 Å². The van der Waals surface area contributed by atoms with E-state index in [0.29, 0.717) is 28.8 Å². The minimum atomic E-state index is 0. The summed E-state index contributed by atoms with van der Waals surface area (Å²) in [4.78, 5) is 11.2. The molecule has 1 rings (SSSR count). The van der Waals surface area contributed by atoms with Crippen LogP contribution in [-0.2, 0) is 0 Å². The Labute approximate surface area is 102 Å². The zero-order chi connectivity index (χ0) is 11.4. The third kappa shape index (κ3) is 5.06. The molecule has 92 valence electrons. The summed E-state index contributed by atoms with van der Waals surface area (Å²) in [5.41, 5.74) is 0. The van der Waals surface area contributed by atoms with Gasteiger partial charge in [-0.2, -0.15) is 9.97 Å². The first kappa shape index (κ1) is 14.8. The molecular weight excluding hydrogens is 222 g/mol. The van der Waals surface area contributed by atoms with E-state index in [1.165, 1.54) is 0 Å². The van der Waals surface area contributed by atoms with E-state index in [2.05, 4.69) is 25.6 Å². The number of nitrogens with one attached hydrogen (secondary N) is 3. The molecule has 0 saturated heterocycles. The van der Waals surface area contributed by atoms with Gasteiger partial charge in [-0.25, -0.2) is 0 Å². The van der Waals surface area contributed by atoms with Crippen LogP contribution in [-0.4, -0.2) is 27.0 Å². The van der Waals surface area contributed by atoms with Crippen molar-refractivity contribution in [1.29, 1.82) is 0 Å². The topological polar surface area (TPSA) is 65.6 Å². The summed E-state index contributed by atoms with van der Waals surface area (Å²) < 4.78 is 0.333. The minimum absolute atomic E-state index is 0. The van der Waals surface area contributed by atoms with Crippen molar-refractivity contribution in [2.75, 3.05) is 10.6 Å². The van der Waals surface area contributed by atoms with Crippen LogP contribution < -0.4 is 10.6 Å². The Balaban J connectivity index is 0.00000225. The second-order valence-electron chi connectivity index (χ2n) is 3.93. The summed E-state index contributed by atoms with van der Waals surface area (Å²) in [5.74, 6) is 1.29. The second kappa shape index (κ2) is 6.42. The van der Waals surface area contributed by atoms with Crippen LogP contribution in [0.1, 0.15) is 35.1 Å². The zero-order valence-corrected chi connectivity index (χ0v) is 10.3. The predicted molar refractivity (Wildman–Crippen MR) is 71.5 cm³/mol. The molecule has 1 aromatic rings. The van der Waals surface area contributed by atoms with Crippen molar-refractivity contribution >= 4 is 24.1 Å². The molecule has 0 aliphatic heterocycles. The van der Waals surface area contributed by atoms with Gasteiger partial charge in [0, 0.05) is 12.1 Å². The monoisotopic (exact) mass is 243 g/mol. The molecule has 0 aromatic carbocycles. The molecule has 0 saturated carbocycles. The average Bonchev–Trinajstić information content (AvgIpc) is 1.98. The summed E-state index contributed by atoms with van der Waals surface area (Å²) >= 11 is 4.97. The van der Waals surface area contributed by atoms with E-state index < -0.39 is 0 Å². The molecule has 1 aromatic heterocycles. The number of aromatic amines is 1. The lowest BCUT2D eigenvalue weighted by Crippen LogP contribution is -2.17. The molecule has 3 N–H and O–H groups in total. The fraction of sp³-hybridized carbons (Fsp3) is 0.700. The number of anilines is 2. The van der Waals surface area contributed by atoms with Crippen molar-refractivity contribution in [3.63, 3.8) is 0 Å². The fourth-order valence-electron chi connectivity index (χ4n) is 1.07. The van der Waals surface area contributed by atoms with Gasteiger partial charge in [-0.05, 0) is 39.9 Å². The average molecular weight is 243 g/mol. The molecule has 0 fully saturated rings. The van der Waals surface area contributed by atoms with Crippen molar-refractivity contribution < 1.29 is 0 Å². The highest BCUT2D eigenvalue weighted by Crippen LogP contribution is 2.05. The molecule has 0 unspecified atom stereocenters. The van der Waals surface area contributed by atoms with Crippen LogP contribution in [0, 0.1) is 4.77 Å². The minimum Gasteiger partial charge on any atom is -0.353 e. The van der Waals surface area contributed by atoms with E-state index >= 15 is 0 Å². The van der Waals surface area contributed by atoms with Gasteiger partial charge in [0.05, 0.1) is 0 Å². The van der Waals surface area contributed by atoms with Crippen molar-refractivity contribution in [3.05, 3.63) is 4.77 Å². The highest BCUT2D eigenvalue weighted by atomic mass is 32.1. The molecule has 0 atom stereocenters. The largest absolute Gasteiger partial charge is 0.353 e. The molecule has 0 amide bonds. The molecule has 1 heterocycles. The molecule has 0 aliphatic rings. The SMILES string of the molecule is C.CC(C)Nc1nc(=S)nc(NC(C)C)[nH]1. The predicted octanol–water partition coefficient (Wildman–Crippen LogP) is 2.81. The maximum Gasteiger partial charge on any atom is 0.225 e. The highest BCUT2D eigenvalue weighted by molar-refractivity contribution is 7.71. The maximum absolute atomic E-state index is 4.97. The summed E-state index contributed by atoms with van der Waals surface area (Å²) in [6.45, 7) is 8.15. The van der Waals surface area contributed by atoms with Crippen LogP contribution in [0.15, 0.2) is 0 Å². The third-order valence-electron chi connectivity index (χ3n) is 1.50. The van der Waals surface area contributed by atoms with Gasteiger partial charge in [0.1, 0.15) is 0 Å². The molecule has 5 nitrogen and oxygen atoms in total. The summed E-state index contributed by atoms with van der Waals surface area (Å²) in [5, 5.41) is 6.29. The van der Waals surface area contributed by atoms with Gasteiger partial charge in [-0.3, -0.25) is 4.98 Å². The zero-order valence-electron chi connectivity index (χ0n) is 9.46. The number of hydrogen-bond donors (Lipinski definition) is 3. The Morgan fingerprint density at radius 2 is 1.38 bits per heavy atom. The molecule has 16 heavy (non-hydrogen) atoms. The van der Waals surface area contributed by atoms with Gasteiger partial charge in [-0.1, -0.05) is 7.43 Å². The molecule has 0 spiro atoms. The van der Waals surface area contributed by atoms with Gasteiger partial charge in [0.2, 0.25) is 16.7 Å². The van der Waals surface area contributed by atoms with E-state index in [9.17, 15) is 0 Å². The van der Waals surface area contributed by atoms with Crippen molar-refractivity contribution in [3.8, 4) is 0 Å². The smallest absolute Gasteiger partial charge is 0.225 e. The lowest BCUT2D eigenvalue weighted by Gasteiger charge is -2.12. The third-order valence-corrected chi connectivity index (χ3v) is 1.69. The fourth-order valence-corrected chi connectivity index (χ4v) is 1.25. The number of rotatable bonds is 4. The molecule has 0 bridgehead atoms. The van der Waals surface area contributed by atoms with Crippen molar-refractivity contribution in [2.45, 2.75) is 47.2 Å². The summed E-state index contributed by atoms with van der Waals surface area (Å²) in [7, 11) is 0. The lowest BCUT2D eigenvalue weighted by molar-refractivity contribution is 0.841. The second-order valence-corrected chi connectivity index (χ2v) is 4.29. The maximum atomic E-state index is 4.97. The van der Waals surface area contributed by atoms with Crippen molar-refractivity contribution in [2.24, 2.45) is 0 Å². The van der Waals surface area contributed by atoms with E-state index in [1.54, 1.807) is 0 Å². The van der Waals surface area contributed by atoms with E-state index in [-0.39, 0.29) is 7.43 Å². The lowest BCUT2D eigenvalue weighted by atomic mass is 10.4. The molecule has 0 radical (unpaired) electrons. The van der Waals surface area contributed by atoms with Gasteiger partial charge in [0.25, 0.3) is 0 Å². The first-order valence-electron chi connectivity index (χ1n) is 4.99. The van der Waals surface area contributed by atoms with E-state index in [0.717, 1.165) is 0 Å². The number of aromatic nitrogens is 3. The molecule has 6 heteroatoms. The van der Waals surface area contributed by atoms with Gasteiger partial charge >= 0.3 is 0 Å².